The fourth-order valence-electron chi connectivity index (χ4n) is 10.4. The van der Waals surface area contributed by atoms with Crippen molar-refractivity contribution in [2.45, 2.75) is 40.0 Å². The predicted octanol–water partition coefficient (Wildman–Crippen LogP) is 18.5. The number of aryl methyl sites for hydroxylation is 2. The Morgan fingerprint density at radius 2 is 0.821 bits per heavy atom. The Bertz CT molecular complexity index is 4110. The van der Waals surface area contributed by atoms with Crippen LogP contribution in [-0.4, -0.2) is 0 Å². The van der Waals surface area contributed by atoms with E-state index in [-0.39, 0.29) is 5.41 Å². The SMILES string of the molecule is Cc1ccc2c(oc3ccccc32)c1N(c1ccccc1)c1ccc2cc3c(cc2c1)oc1cc2cc(N(c4ccccc4)c4c(C)ccc5c4oc4c(C(C)(C)C)cccc45)ccc2cc13. The summed E-state index contributed by atoms with van der Waals surface area (Å²) < 4.78 is 20.5. The highest BCUT2D eigenvalue weighted by Crippen LogP contribution is 2.48. The van der Waals surface area contributed by atoms with Gasteiger partial charge in [-0.25, -0.2) is 0 Å². The third kappa shape index (κ3) is 6.15. The molecule has 10 aromatic carbocycles. The highest BCUT2D eigenvalue weighted by atomic mass is 16.3. The van der Waals surface area contributed by atoms with Crippen molar-refractivity contribution < 1.29 is 13.3 Å². The maximum atomic E-state index is 6.99. The third-order valence-corrected chi connectivity index (χ3v) is 13.7. The summed E-state index contributed by atoms with van der Waals surface area (Å²) >= 11 is 0. The van der Waals surface area contributed by atoms with Crippen LogP contribution in [0.3, 0.4) is 0 Å². The summed E-state index contributed by atoms with van der Waals surface area (Å²) in [4.78, 5) is 4.67. The molecule has 0 N–H and O–H groups in total. The molecule has 0 aliphatic rings. The van der Waals surface area contributed by atoms with Crippen molar-refractivity contribution in [1.82, 2.24) is 0 Å². The van der Waals surface area contributed by atoms with Gasteiger partial charge in [-0.05, 0) is 131 Å². The first kappa shape index (κ1) is 39.1. The molecule has 5 nitrogen and oxygen atoms in total. The van der Waals surface area contributed by atoms with Crippen molar-refractivity contribution in [2.75, 3.05) is 9.80 Å². The quantitative estimate of drug-likeness (QED) is 0.167. The predicted molar refractivity (Wildman–Crippen MR) is 281 cm³/mol. The molecule has 3 heterocycles. The van der Waals surface area contributed by atoms with Gasteiger partial charge in [0, 0.05) is 60.6 Å². The van der Waals surface area contributed by atoms with Gasteiger partial charge in [-0.3, -0.25) is 0 Å². The van der Waals surface area contributed by atoms with E-state index in [4.69, 9.17) is 13.3 Å². The summed E-state index contributed by atoms with van der Waals surface area (Å²) in [6, 6.07) is 67.2. The molecule has 0 atom stereocenters. The number of hydrogen-bond acceptors (Lipinski definition) is 5. The zero-order valence-electron chi connectivity index (χ0n) is 38.0. The minimum Gasteiger partial charge on any atom is -0.456 e. The number of fused-ring (bicyclic) bond motifs is 11. The van der Waals surface area contributed by atoms with Crippen LogP contribution in [0.2, 0.25) is 0 Å². The number of benzene rings is 10. The van der Waals surface area contributed by atoms with Crippen molar-refractivity contribution in [3.63, 3.8) is 0 Å². The first-order valence-electron chi connectivity index (χ1n) is 23.1. The van der Waals surface area contributed by atoms with Crippen molar-refractivity contribution in [1.29, 1.82) is 0 Å². The zero-order valence-corrected chi connectivity index (χ0v) is 38.0. The molecule has 0 fully saturated rings. The van der Waals surface area contributed by atoms with Crippen LogP contribution in [0.25, 0.3) is 87.4 Å². The summed E-state index contributed by atoms with van der Waals surface area (Å²) in [6.45, 7) is 11.1. The van der Waals surface area contributed by atoms with Crippen molar-refractivity contribution >= 4 is 121 Å². The van der Waals surface area contributed by atoms with Gasteiger partial charge in [-0.15, -0.1) is 0 Å². The normalized spacial score (nSPS) is 12.3. The molecule has 67 heavy (non-hydrogen) atoms. The summed E-state index contributed by atoms with van der Waals surface area (Å²) in [5.74, 6) is 0. The van der Waals surface area contributed by atoms with Gasteiger partial charge in [0.05, 0.1) is 11.4 Å². The molecule has 13 aromatic rings. The van der Waals surface area contributed by atoms with E-state index in [1.54, 1.807) is 0 Å². The lowest BCUT2D eigenvalue weighted by atomic mass is 9.86. The highest BCUT2D eigenvalue weighted by Gasteiger charge is 2.26. The molecule has 13 rings (SSSR count). The molecular formula is C62H46N2O3. The van der Waals surface area contributed by atoms with Gasteiger partial charge in [0.2, 0.25) is 0 Å². The van der Waals surface area contributed by atoms with E-state index < -0.39 is 0 Å². The smallest absolute Gasteiger partial charge is 0.159 e. The second kappa shape index (κ2) is 14.6. The van der Waals surface area contributed by atoms with E-state index in [2.05, 4.69) is 220 Å². The van der Waals surface area contributed by atoms with Crippen molar-refractivity contribution in [2.24, 2.45) is 0 Å². The average Bonchev–Trinajstić information content (AvgIpc) is 4.02. The lowest BCUT2D eigenvalue weighted by molar-refractivity contribution is 0.573. The number of hydrogen-bond donors (Lipinski definition) is 0. The van der Waals surface area contributed by atoms with Crippen LogP contribution in [-0.2, 0) is 5.41 Å². The van der Waals surface area contributed by atoms with Gasteiger partial charge in [0.25, 0.3) is 0 Å². The first-order chi connectivity index (χ1) is 32.7. The van der Waals surface area contributed by atoms with Gasteiger partial charge in [0.1, 0.15) is 22.3 Å². The maximum Gasteiger partial charge on any atom is 0.159 e. The van der Waals surface area contributed by atoms with Crippen LogP contribution in [0.1, 0.15) is 37.5 Å². The van der Waals surface area contributed by atoms with Gasteiger partial charge >= 0.3 is 0 Å². The van der Waals surface area contributed by atoms with E-state index in [9.17, 15) is 0 Å². The third-order valence-electron chi connectivity index (χ3n) is 13.7. The Morgan fingerprint density at radius 3 is 1.39 bits per heavy atom. The Labute approximate surface area is 387 Å². The van der Waals surface area contributed by atoms with Crippen LogP contribution in [0.5, 0.6) is 0 Å². The van der Waals surface area contributed by atoms with Crippen molar-refractivity contribution in [3.05, 3.63) is 205 Å². The second-order valence-electron chi connectivity index (χ2n) is 19.1. The maximum absolute atomic E-state index is 6.99. The molecular weight excluding hydrogens is 821 g/mol. The molecule has 0 radical (unpaired) electrons. The number of para-hydroxylation sites is 4. The number of nitrogens with zero attached hydrogens (tertiary/aromatic N) is 2. The molecule has 0 saturated carbocycles. The molecule has 0 aliphatic heterocycles. The Balaban J connectivity index is 0.949. The summed E-state index contributed by atoms with van der Waals surface area (Å²) in [7, 11) is 0. The van der Waals surface area contributed by atoms with E-state index in [0.717, 1.165) is 133 Å². The van der Waals surface area contributed by atoms with Crippen LogP contribution >= 0.6 is 0 Å². The molecule has 0 spiro atoms. The Kier molecular flexibility index (Phi) is 8.53. The molecule has 0 amide bonds. The van der Waals surface area contributed by atoms with Crippen LogP contribution in [0, 0.1) is 13.8 Å². The lowest BCUT2D eigenvalue weighted by Gasteiger charge is -2.27. The van der Waals surface area contributed by atoms with E-state index in [1.165, 1.54) is 5.56 Å². The van der Waals surface area contributed by atoms with E-state index in [1.807, 2.05) is 12.1 Å². The first-order valence-corrected chi connectivity index (χ1v) is 23.1. The minimum atomic E-state index is -0.0764. The molecule has 3 aromatic heterocycles. The van der Waals surface area contributed by atoms with Crippen LogP contribution < -0.4 is 9.80 Å². The number of rotatable bonds is 6. The van der Waals surface area contributed by atoms with Crippen LogP contribution in [0.15, 0.2) is 201 Å². The molecule has 5 heteroatoms. The molecule has 0 bridgehead atoms. The summed E-state index contributed by atoms with van der Waals surface area (Å²) in [5, 5.41) is 11.1. The largest absolute Gasteiger partial charge is 0.456 e. The Hall–Kier alpha value is -8.28. The van der Waals surface area contributed by atoms with E-state index in [0.29, 0.717) is 0 Å². The molecule has 0 saturated heterocycles. The molecule has 322 valence electrons. The standard InChI is InChI=1S/C62H46N2O3/c1-37-23-29-49-47-19-12-13-22-54(47)66-60(49)57(37)63(43-15-8-6-9-16-43)45-27-25-39-33-51-52-34-40-26-28-46(32-42(40)36-56(52)65-55(51)35-41(39)31-45)64(44-17-10-7-11-18-44)58-38(2)24-30-50-48-20-14-21-53(62(3,4)5)59(48)67-61(50)58/h6-36H,1-5H3. The van der Waals surface area contributed by atoms with Crippen LogP contribution in [0.4, 0.5) is 34.1 Å². The van der Waals surface area contributed by atoms with Gasteiger partial charge in [-0.2, -0.15) is 0 Å². The lowest BCUT2D eigenvalue weighted by Crippen LogP contribution is -2.11. The summed E-state index contributed by atoms with van der Waals surface area (Å²) in [5.41, 5.74) is 14.9. The zero-order chi connectivity index (χ0) is 45.1. The highest BCUT2D eigenvalue weighted by molar-refractivity contribution is 6.16. The molecule has 0 unspecified atom stereocenters. The summed E-state index contributed by atoms with van der Waals surface area (Å²) in [6.07, 6.45) is 0. The monoisotopic (exact) mass is 866 g/mol. The minimum absolute atomic E-state index is 0.0764. The second-order valence-corrected chi connectivity index (χ2v) is 19.1. The van der Waals surface area contributed by atoms with Gasteiger partial charge < -0.3 is 23.1 Å². The van der Waals surface area contributed by atoms with Gasteiger partial charge in [-0.1, -0.05) is 130 Å². The van der Waals surface area contributed by atoms with Gasteiger partial charge in [0.15, 0.2) is 11.2 Å². The fraction of sp³-hybridized carbons (Fsp3) is 0.0968. The average molecular weight is 867 g/mol. The molecule has 0 aliphatic carbocycles. The number of furan rings is 3. The topological polar surface area (TPSA) is 45.9 Å². The Morgan fingerprint density at radius 1 is 0.328 bits per heavy atom. The van der Waals surface area contributed by atoms with Crippen molar-refractivity contribution in [3.8, 4) is 0 Å². The fourth-order valence-corrected chi connectivity index (χ4v) is 10.4. The van der Waals surface area contributed by atoms with E-state index >= 15 is 0 Å². The number of anilines is 6.